The number of aromatic nitrogens is 3. The van der Waals surface area contributed by atoms with Gasteiger partial charge >= 0.3 is 0 Å². The summed E-state index contributed by atoms with van der Waals surface area (Å²) in [7, 11) is 1.66. The summed E-state index contributed by atoms with van der Waals surface area (Å²) in [6.07, 6.45) is 1.75. The van der Waals surface area contributed by atoms with Crippen LogP contribution in [0.3, 0.4) is 0 Å². The summed E-state index contributed by atoms with van der Waals surface area (Å²) in [5, 5.41) is 4.63. The Hall–Kier alpha value is -1.98. The molecule has 3 aromatic rings. The minimum absolute atomic E-state index is 0.405. The largest absolute Gasteiger partial charge is 0.362 e. The zero-order valence-electron chi connectivity index (χ0n) is 11.5. The molecule has 0 aliphatic heterocycles. The zero-order chi connectivity index (χ0) is 14.7. The molecule has 0 bridgehead atoms. The van der Waals surface area contributed by atoms with Crippen LogP contribution >= 0.6 is 15.9 Å². The van der Waals surface area contributed by atoms with Gasteiger partial charge in [0, 0.05) is 18.9 Å². The van der Waals surface area contributed by atoms with Crippen molar-refractivity contribution in [3.05, 3.63) is 59.3 Å². The molecule has 0 aliphatic rings. The minimum Gasteiger partial charge on any atom is -0.362 e. The molecule has 1 aromatic carbocycles. The highest BCUT2D eigenvalue weighted by atomic mass is 79.9. The molecular weight excluding hydrogens is 330 g/mol. The maximum absolute atomic E-state index is 5.24. The summed E-state index contributed by atoms with van der Waals surface area (Å²) in [6, 6.07) is 16.1. The van der Waals surface area contributed by atoms with Crippen LogP contribution in [0, 0.1) is 0 Å². The molecule has 0 aliphatic carbocycles. The van der Waals surface area contributed by atoms with Crippen molar-refractivity contribution in [3.63, 3.8) is 0 Å². The van der Waals surface area contributed by atoms with Crippen LogP contribution in [0.1, 0.15) is 0 Å². The van der Waals surface area contributed by atoms with Crippen LogP contribution in [0.15, 0.2) is 59.3 Å². The fraction of sp³-hybridized carbons (Fsp3) is 0.125. The highest BCUT2D eigenvalue weighted by molar-refractivity contribution is 9.10. The number of hydrogen-bond donors (Lipinski definition) is 0. The van der Waals surface area contributed by atoms with Crippen molar-refractivity contribution in [2.45, 2.75) is 6.73 Å². The van der Waals surface area contributed by atoms with Gasteiger partial charge < -0.3 is 4.74 Å². The Labute approximate surface area is 131 Å². The summed E-state index contributed by atoms with van der Waals surface area (Å²) in [4.78, 5) is 4.25. The van der Waals surface area contributed by atoms with Gasteiger partial charge in [0.25, 0.3) is 0 Å². The van der Waals surface area contributed by atoms with Crippen molar-refractivity contribution in [2.75, 3.05) is 7.11 Å². The lowest BCUT2D eigenvalue weighted by atomic mass is 10.1. The molecule has 0 saturated carbocycles. The van der Waals surface area contributed by atoms with Crippen LogP contribution < -0.4 is 0 Å². The van der Waals surface area contributed by atoms with Crippen LogP contribution in [-0.4, -0.2) is 21.9 Å². The number of hydrogen-bond acceptors (Lipinski definition) is 3. The van der Waals surface area contributed by atoms with Crippen LogP contribution in [-0.2, 0) is 11.5 Å². The summed E-state index contributed by atoms with van der Waals surface area (Å²) < 4.78 is 7.88. The van der Waals surface area contributed by atoms with Crippen LogP contribution in [0.5, 0.6) is 0 Å². The van der Waals surface area contributed by atoms with E-state index in [4.69, 9.17) is 4.74 Å². The van der Waals surface area contributed by atoms with Crippen LogP contribution in [0.4, 0.5) is 0 Å². The lowest BCUT2D eigenvalue weighted by Gasteiger charge is -2.05. The van der Waals surface area contributed by atoms with Gasteiger partial charge in [-0.25, -0.2) is 9.67 Å². The predicted molar refractivity (Wildman–Crippen MR) is 85.6 cm³/mol. The molecular formula is C16H14BrN3O. The third-order valence-electron chi connectivity index (χ3n) is 3.14. The normalized spacial score (nSPS) is 10.8. The topological polar surface area (TPSA) is 39.9 Å². The number of rotatable bonds is 4. The van der Waals surface area contributed by atoms with E-state index in [-0.39, 0.29) is 0 Å². The van der Waals surface area contributed by atoms with Gasteiger partial charge in [-0.1, -0.05) is 30.3 Å². The molecule has 0 N–H and O–H groups in total. The van der Waals surface area contributed by atoms with E-state index in [1.807, 2.05) is 35.0 Å². The fourth-order valence-corrected chi connectivity index (χ4v) is 2.64. The predicted octanol–water partition coefficient (Wildman–Crippen LogP) is 3.98. The monoisotopic (exact) mass is 343 g/mol. The molecule has 0 unspecified atom stereocenters. The lowest BCUT2D eigenvalue weighted by Crippen LogP contribution is -2.03. The highest BCUT2D eigenvalue weighted by Crippen LogP contribution is 2.29. The van der Waals surface area contributed by atoms with E-state index in [9.17, 15) is 0 Å². The number of pyridine rings is 1. The third kappa shape index (κ3) is 2.89. The first-order chi connectivity index (χ1) is 10.3. The van der Waals surface area contributed by atoms with Crippen molar-refractivity contribution in [1.82, 2.24) is 14.8 Å². The summed E-state index contributed by atoms with van der Waals surface area (Å²) in [5.74, 6) is 0. The van der Waals surface area contributed by atoms with Crippen molar-refractivity contribution < 1.29 is 4.74 Å². The molecule has 0 saturated heterocycles. The lowest BCUT2D eigenvalue weighted by molar-refractivity contribution is 0.122. The van der Waals surface area contributed by atoms with Crippen LogP contribution in [0.2, 0.25) is 0 Å². The molecule has 2 aromatic heterocycles. The number of methoxy groups -OCH3 is 1. The van der Waals surface area contributed by atoms with Gasteiger partial charge in [0.05, 0.1) is 11.4 Å². The second-order valence-electron chi connectivity index (χ2n) is 4.54. The van der Waals surface area contributed by atoms with Crippen molar-refractivity contribution in [2.24, 2.45) is 0 Å². The molecule has 3 rings (SSSR count). The van der Waals surface area contributed by atoms with E-state index in [1.54, 1.807) is 13.3 Å². The first kappa shape index (κ1) is 14.0. The van der Waals surface area contributed by atoms with Gasteiger partial charge in [0.2, 0.25) is 0 Å². The Kier molecular flexibility index (Phi) is 4.13. The van der Waals surface area contributed by atoms with Gasteiger partial charge in [0.1, 0.15) is 11.3 Å². The van der Waals surface area contributed by atoms with Crippen molar-refractivity contribution >= 4 is 15.9 Å². The first-order valence-electron chi connectivity index (χ1n) is 6.52. The molecule has 21 heavy (non-hydrogen) atoms. The maximum Gasteiger partial charge on any atom is 0.139 e. The van der Waals surface area contributed by atoms with Gasteiger partial charge in [0.15, 0.2) is 0 Å². The van der Waals surface area contributed by atoms with Crippen molar-refractivity contribution in [3.8, 4) is 22.5 Å². The van der Waals surface area contributed by atoms with Crippen LogP contribution in [0.25, 0.3) is 22.5 Å². The summed E-state index contributed by atoms with van der Waals surface area (Å²) >= 11 is 3.47. The molecule has 0 atom stereocenters. The first-order valence-corrected chi connectivity index (χ1v) is 7.32. The van der Waals surface area contributed by atoms with Gasteiger partial charge in [-0.3, -0.25) is 0 Å². The quantitative estimate of drug-likeness (QED) is 0.672. The van der Waals surface area contributed by atoms with E-state index < -0.39 is 0 Å². The standard InChI is InChI=1S/C16H14BrN3O/c1-21-11-20-15(12-6-3-2-4-7-12)10-14(19-20)13-8-5-9-18-16(13)17/h2-10H,11H2,1H3. The molecule has 4 nitrogen and oxygen atoms in total. The molecule has 5 heteroatoms. The van der Waals surface area contributed by atoms with E-state index in [1.165, 1.54) is 0 Å². The van der Waals surface area contributed by atoms with E-state index >= 15 is 0 Å². The average molecular weight is 344 g/mol. The smallest absolute Gasteiger partial charge is 0.139 e. The van der Waals surface area contributed by atoms with Crippen molar-refractivity contribution in [1.29, 1.82) is 0 Å². The molecule has 0 spiro atoms. The molecule has 106 valence electrons. The third-order valence-corrected chi connectivity index (χ3v) is 3.77. The van der Waals surface area contributed by atoms with E-state index in [2.05, 4.69) is 44.2 Å². The molecule has 2 heterocycles. The highest BCUT2D eigenvalue weighted by Gasteiger charge is 2.13. The Morgan fingerprint density at radius 1 is 1.14 bits per heavy atom. The van der Waals surface area contributed by atoms with Gasteiger partial charge in [-0.15, -0.1) is 0 Å². The number of halogens is 1. The molecule has 0 fully saturated rings. The van der Waals surface area contributed by atoms with E-state index in [0.717, 1.165) is 27.1 Å². The Bertz CT molecular complexity index is 740. The molecule has 0 radical (unpaired) electrons. The number of benzene rings is 1. The van der Waals surface area contributed by atoms with Gasteiger partial charge in [-0.2, -0.15) is 5.10 Å². The minimum atomic E-state index is 0.405. The Morgan fingerprint density at radius 3 is 2.67 bits per heavy atom. The molecule has 0 amide bonds. The Morgan fingerprint density at radius 2 is 1.95 bits per heavy atom. The second-order valence-corrected chi connectivity index (χ2v) is 5.29. The fourth-order valence-electron chi connectivity index (χ4n) is 2.19. The number of nitrogens with zero attached hydrogens (tertiary/aromatic N) is 3. The average Bonchev–Trinajstić information content (AvgIpc) is 2.93. The zero-order valence-corrected chi connectivity index (χ0v) is 13.1. The van der Waals surface area contributed by atoms with E-state index in [0.29, 0.717) is 6.73 Å². The van der Waals surface area contributed by atoms with Gasteiger partial charge in [-0.05, 0) is 39.7 Å². The maximum atomic E-state index is 5.24. The summed E-state index contributed by atoms with van der Waals surface area (Å²) in [5.41, 5.74) is 3.95. The Balaban J connectivity index is 2.11. The SMILES string of the molecule is COCn1nc(-c2cccnc2Br)cc1-c1ccccc1. The summed E-state index contributed by atoms with van der Waals surface area (Å²) in [6.45, 7) is 0.405. The number of ether oxygens (including phenoxy) is 1. The second kappa shape index (κ2) is 6.20.